The van der Waals surface area contributed by atoms with Crippen molar-refractivity contribution in [2.75, 3.05) is 11.4 Å². The van der Waals surface area contributed by atoms with E-state index in [-0.39, 0.29) is 12.2 Å². The fourth-order valence-electron chi connectivity index (χ4n) is 4.38. The number of aryl methyl sites for hydroxylation is 2. The molecule has 0 bridgehead atoms. The van der Waals surface area contributed by atoms with Crippen molar-refractivity contribution in [3.8, 4) is 0 Å². The van der Waals surface area contributed by atoms with E-state index in [9.17, 15) is 14.7 Å². The molecule has 2 aliphatic rings. The Bertz CT molecular complexity index is 955. The van der Waals surface area contributed by atoms with E-state index in [0.29, 0.717) is 28.4 Å². The van der Waals surface area contributed by atoms with Gasteiger partial charge in [0.15, 0.2) is 11.4 Å². The molecule has 0 radical (unpaired) electrons. The average molecular weight is 398 g/mol. The highest BCUT2D eigenvalue weighted by Gasteiger charge is 2.50. The summed E-state index contributed by atoms with van der Waals surface area (Å²) in [5.41, 5.74) is 2.24. The van der Waals surface area contributed by atoms with Crippen molar-refractivity contribution in [1.82, 2.24) is 0 Å². The summed E-state index contributed by atoms with van der Waals surface area (Å²) < 4.78 is 0. The van der Waals surface area contributed by atoms with E-state index in [0.717, 1.165) is 25.7 Å². The largest absolute Gasteiger partial charge is 0.375 e. The first-order valence-electron chi connectivity index (χ1n) is 9.93. The lowest BCUT2D eigenvalue weighted by Crippen LogP contribution is -2.42. The first-order valence-corrected chi connectivity index (χ1v) is 10.3. The second-order valence-corrected chi connectivity index (χ2v) is 8.21. The van der Waals surface area contributed by atoms with Gasteiger partial charge in [0.1, 0.15) is 0 Å². The van der Waals surface area contributed by atoms with Crippen molar-refractivity contribution in [2.24, 2.45) is 0 Å². The highest BCUT2D eigenvalue weighted by molar-refractivity contribution is 6.31. The fraction of sp³-hybridized carbons (Fsp3) is 0.391. The Morgan fingerprint density at radius 2 is 1.89 bits per heavy atom. The van der Waals surface area contributed by atoms with Gasteiger partial charge in [-0.3, -0.25) is 9.59 Å². The van der Waals surface area contributed by atoms with Gasteiger partial charge in [-0.1, -0.05) is 30.7 Å². The Hall–Kier alpha value is -2.17. The predicted octanol–water partition coefficient (Wildman–Crippen LogP) is 4.44. The first-order chi connectivity index (χ1) is 13.4. The molecule has 4 rings (SSSR count). The lowest BCUT2D eigenvalue weighted by molar-refractivity contribution is -0.135. The number of anilines is 1. The van der Waals surface area contributed by atoms with Gasteiger partial charge in [0.05, 0.1) is 12.1 Å². The van der Waals surface area contributed by atoms with E-state index < -0.39 is 11.5 Å². The van der Waals surface area contributed by atoms with Crippen molar-refractivity contribution in [2.45, 2.75) is 51.0 Å². The molecule has 146 valence electrons. The number of benzene rings is 2. The monoisotopic (exact) mass is 397 g/mol. The molecule has 2 aromatic rings. The van der Waals surface area contributed by atoms with Gasteiger partial charge in [-0.05, 0) is 67.5 Å². The van der Waals surface area contributed by atoms with Crippen LogP contribution in [0.4, 0.5) is 5.69 Å². The van der Waals surface area contributed by atoms with Crippen LogP contribution >= 0.6 is 11.6 Å². The molecular weight excluding hydrogens is 374 g/mol. The van der Waals surface area contributed by atoms with Crippen LogP contribution in [0.2, 0.25) is 5.02 Å². The number of ketones is 1. The van der Waals surface area contributed by atoms with Crippen molar-refractivity contribution >= 4 is 29.0 Å². The number of hydrogen-bond donors (Lipinski definition) is 1. The van der Waals surface area contributed by atoms with Crippen molar-refractivity contribution in [3.63, 3.8) is 0 Å². The molecule has 0 aromatic heterocycles. The van der Waals surface area contributed by atoms with Crippen molar-refractivity contribution in [1.29, 1.82) is 0 Å². The van der Waals surface area contributed by atoms with E-state index in [2.05, 4.69) is 0 Å². The molecule has 1 atom stereocenters. The van der Waals surface area contributed by atoms with Gasteiger partial charge in [-0.25, -0.2) is 0 Å². The average Bonchev–Trinajstić information content (AvgIpc) is 2.89. The normalized spacial score (nSPS) is 20.8. The quantitative estimate of drug-likeness (QED) is 0.759. The van der Waals surface area contributed by atoms with E-state index in [1.165, 1.54) is 17.5 Å². The number of amides is 1. The van der Waals surface area contributed by atoms with Gasteiger partial charge in [0.2, 0.25) is 0 Å². The van der Waals surface area contributed by atoms with Gasteiger partial charge in [-0.15, -0.1) is 0 Å². The van der Waals surface area contributed by atoms with Crippen LogP contribution in [0.1, 0.15) is 59.7 Å². The molecule has 0 saturated heterocycles. The smallest absolute Gasteiger partial charge is 0.264 e. The number of hydrogen-bond acceptors (Lipinski definition) is 3. The third-order valence-corrected chi connectivity index (χ3v) is 6.06. The summed E-state index contributed by atoms with van der Waals surface area (Å²) in [7, 11) is 0. The summed E-state index contributed by atoms with van der Waals surface area (Å²) in [4.78, 5) is 27.7. The van der Waals surface area contributed by atoms with Gasteiger partial charge in [0, 0.05) is 22.7 Å². The van der Waals surface area contributed by atoms with Crippen LogP contribution in [0.5, 0.6) is 0 Å². The Kier molecular flexibility index (Phi) is 5.02. The number of Topliss-reactive ketones (excluding diaryl/α,β-unsaturated/α-hetero) is 1. The summed E-state index contributed by atoms with van der Waals surface area (Å²) in [6.07, 6.45) is 4.80. The minimum Gasteiger partial charge on any atom is -0.375 e. The molecular formula is C23H24ClNO3. The Balaban J connectivity index is 1.67. The third kappa shape index (κ3) is 3.15. The molecule has 0 saturated carbocycles. The molecule has 1 aliphatic heterocycles. The second-order valence-electron chi connectivity index (χ2n) is 7.77. The van der Waals surface area contributed by atoms with Crippen LogP contribution in [0.3, 0.4) is 0 Å². The van der Waals surface area contributed by atoms with Gasteiger partial charge < -0.3 is 10.0 Å². The SMILES string of the molecule is CCCN1C(=O)C(O)(CC(=O)c2ccc3c(c2)CCCC3)c2cc(Cl)ccc21. The van der Waals surface area contributed by atoms with Gasteiger partial charge in [-0.2, -0.15) is 0 Å². The molecule has 0 spiro atoms. The molecule has 4 nitrogen and oxygen atoms in total. The topological polar surface area (TPSA) is 57.6 Å². The summed E-state index contributed by atoms with van der Waals surface area (Å²) in [6.45, 7) is 2.46. The molecule has 1 aliphatic carbocycles. The zero-order chi connectivity index (χ0) is 19.9. The van der Waals surface area contributed by atoms with Crippen LogP contribution in [0, 0.1) is 0 Å². The zero-order valence-electron chi connectivity index (χ0n) is 16.0. The second kappa shape index (κ2) is 7.34. The number of aliphatic hydroxyl groups is 1. The molecule has 1 unspecified atom stereocenters. The third-order valence-electron chi connectivity index (χ3n) is 5.83. The molecule has 28 heavy (non-hydrogen) atoms. The highest BCUT2D eigenvalue weighted by Crippen LogP contribution is 2.44. The molecule has 1 N–H and O–H groups in total. The van der Waals surface area contributed by atoms with E-state index in [4.69, 9.17) is 11.6 Å². The van der Waals surface area contributed by atoms with E-state index >= 15 is 0 Å². The Morgan fingerprint density at radius 3 is 2.64 bits per heavy atom. The standard InChI is InChI=1S/C23H24ClNO3/c1-2-11-25-20-10-9-18(24)13-19(20)23(28,22(25)27)14-21(26)17-8-7-15-5-3-4-6-16(15)12-17/h7-10,12-13,28H,2-6,11,14H2,1H3. The highest BCUT2D eigenvalue weighted by atomic mass is 35.5. The number of carbonyl (C=O) groups excluding carboxylic acids is 2. The van der Waals surface area contributed by atoms with Gasteiger partial charge in [0.25, 0.3) is 5.91 Å². The maximum atomic E-state index is 13.1. The molecule has 0 fully saturated rings. The maximum Gasteiger partial charge on any atom is 0.264 e. The molecule has 1 heterocycles. The Labute approximate surface area is 170 Å². The maximum absolute atomic E-state index is 13.1. The molecule has 2 aromatic carbocycles. The Morgan fingerprint density at radius 1 is 1.14 bits per heavy atom. The van der Waals surface area contributed by atoms with E-state index in [1.54, 1.807) is 23.1 Å². The summed E-state index contributed by atoms with van der Waals surface area (Å²) in [5.74, 6) is -0.675. The number of carbonyl (C=O) groups is 2. The van der Waals surface area contributed by atoms with Gasteiger partial charge >= 0.3 is 0 Å². The number of rotatable bonds is 5. The van der Waals surface area contributed by atoms with Crippen LogP contribution < -0.4 is 4.90 Å². The lowest BCUT2D eigenvalue weighted by Gasteiger charge is -2.23. The summed E-state index contributed by atoms with van der Waals surface area (Å²) >= 11 is 6.13. The minimum absolute atomic E-state index is 0.228. The van der Waals surface area contributed by atoms with Crippen LogP contribution in [0.25, 0.3) is 0 Å². The number of fused-ring (bicyclic) bond motifs is 2. The first kappa shape index (κ1) is 19.2. The predicted molar refractivity (Wildman–Crippen MR) is 110 cm³/mol. The summed E-state index contributed by atoms with van der Waals surface area (Å²) in [5, 5.41) is 11.8. The van der Waals surface area contributed by atoms with E-state index in [1.807, 2.05) is 25.1 Å². The molecule has 5 heteroatoms. The summed E-state index contributed by atoms with van der Waals surface area (Å²) in [6, 6.07) is 10.8. The minimum atomic E-state index is -1.87. The zero-order valence-corrected chi connectivity index (χ0v) is 16.8. The fourth-order valence-corrected chi connectivity index (χ4v) is 4.55. The van der Waals surface area contributed by atoms with Crippen LogP contribution in [0.15, 0.2) is 36.4 Å². The number of nitrogens with zero attached hydrogens (tertiary/aromatic N) is 1. The van der Waals surface area contributed by atoms with Crippen LogP contribution in [-0.2, 0) is 23.2 Å². The molecule has 1 amide bonds. The lowest BCUT2D eigenvalue weighted by atomic mass is 9.85. The van der Waals surface area contributed by atoms with Crippen molar-refractivity contribution in [3.05, 3.63) is 63.7 Å². The van der Waals surface area contributed by atoms with Crippen molar-refractivity contribution < 1.29 is 14.7 Å². The van der Waals surface area contributed by atoms with Crippen LogP contribution in [-0.4, -0.2) is 23.3 Å². The number of halogens is 1.